The van der Waals surface area contributed by atoms with Crippen LogP contribution in [0.2, 0.25) is 0 Å². The van der Waals surface area contributed by atoms with Crippen LogP contribution in [0.25, 0.3) is 6.08 Å². The van der Waals surface area contributed by atoms with E-state index in [2.05, 4.69) is 4.74 Å². The second kappa shape index (κ2) is 7.21. The Bertz CT molecular complexity index is 454. The fourth-order valence-electron chi connectivity index (χ4n) is 1.33. The number of aromatic nitrogens is 1. The Morgan fingerprint density at radius 3 is 2.89 bits per heavy atom. The smallest absolute Gasteiger partial charge is 0.372 e. The monoisotopic (exact) mass is 250 g/mol. The minimum absolute atomic E-state index is 0.147. The number of nitrogens with zero attached hydrogens (tertiary/aromatic N) is 1. The molecule has 0 saturated carbocycles. The van der Waals surface area contributed by atoms with Gasteiger partial charge in [-0.15, -0.1) is 0 Å². The first-order chi connectivity index (χ1) is 8.65. The van der Waals surface area contributed by atoms with Gasteiger partial charge in [0.15, 0.2) is 12.4 Å². The van der Waals surface area contributed by atoms with Crippen LogP contribution in [-0.4, -0.2) is 25.7 Å². The molecule has 0 fully saturated rings. The number of carbonyl (C=O) groups excluding carboxylic acids is 2. The summed E-state index contributed by atoms with van der Waals surface area (Å²) in [6.45, 7) is 2.27. The van der Waals surface area contributed by atoms with E-state index in [1.54, 1.807) is 36.0 Å². The van der Waals surface area contributed by atoms with Crippen molar-refractivity contribution in [1.29, 1.82) is 0 Å². The maximum Gasteiger partial charge on any atom is 0.372 e. The Morgan fingerprint density at radius 2 is 2.22 bits per heavy atom. The lowest BCUT2D eigenvalue weighted by atomic mass is 10.2. The summed E-state index contributed by atoms with van der Waals surface area (Å²) in [6, 6.07) is 3.61. The minimum Gasteiger partial charge on any atom is -0.466 e. The number of esters is 2. The average Bonchev–Trinajstić information content (AvgIpc) is 2.36. The van der Waals surface area contributed by atoms with Gasteiger partial charge in [0.05, 0.1) is 13.7 Å². The van der Waals surface area contributed by atoms with E-state index in [0.29, 0.717) is 6.61 Å². The van der Waals surface area contributed by atoms with Crippen LogP contribution < -0.4 is 4.57 Å². The number of pyridine rings is 1. The zero-order chi connectivity index (χ0) is 13.4. The van der Waals surface area contributed by atoms with Crippen molar-refractivity contribution in [1.82, 2.24) is 0 Å². The highest BCUT2D eigenvalue weighted by molar-refractivity contribution is 5.86. The molecule has 0 spiro atoms. The third kappa shape index (κ3) is 4.78. The first-order valence-electron chi connectivity index (χ1n) is 5.56. The highest BCUT2D eigenvalue weighted by Crippen LogP contribution is 1.98. The normalized spacial score (nSPS) is 10.3. The van der Waals surface area contributed by atoms with Crippen molar-refractivity contribution in [2.75, 3.05) is 13.7 Å². The summed E-state index contributed by atoms with van der Waals surface area (Å²) in [5.74, 6) is -0.715. The summed E-state index contributed by atoms with van der Waals surface area (Å²) >= 11 is 0. The number of carbonyl (C=O) groups is 2. The van der Waals surface area contributed by atoms with E-state index >= 15 is 0 Å². The molecule has 1 aromatic heterocycles. The molecule has 5 nitrogen and oxygen atoms in total. The SMILES string of the molecule is CCOC(=O)C[n+]1cccc(/C=C/C(=O)OC)c1. The molecule has 96 valence electrons. The second-order valence-corrected chi connectivity index (χ2v) is 3.47. The Balaban J connectivity index is 2.70. The Labute approximate surface area is 106 Å². The van der Waals surface area contributed by atoms with Crippen LogP contribution in [0.1, 0.15) is 12.5 Å². The second-order valence-electron chi connectivity index (χ2n) is 3.47. The first kappa shape index (κ1) is 13.9. The van der Waals surface area contributed by atoms with Crippen molar-refractivity contribution in [2.45, 2.75) is 13.5 Å². The quantitative estimate of drug-likeness (QED) is 0.439. The first-order valence-corrected chi connectivity index (χ1v) is 5.56. The van der Waals surface area contributed by atoms with E-state index in [1.807, 2.05) is 6.07 Å². The molecular weight excluding hydrogens is 234 g/mol. The lowest BCUT2D eigenvalue weighted by Crippen LogP contribution is -2.38. The zero-order valence-electron chi connectivity index (χ0n) is 10.5. The van der Waals surface area contributed by atoms with Crippen LogP contribution >= 0.6 is 0 Å². The molecule has 0 unspecified atom stereocenters. The van der Waals surface area contributed by atoms with Crippen LogP contribution in [0.4, 0.5) is 0 Å². The van der Waals surface area contributed by atoms with Crippen molar-refractivity contribution >= 4 is 18.0 Å². The van der Waals surface area contributed by atoms with Gasteiger partial charge in [-0.25, -0.2) is 9.59 Å². The summed E-state index contributed by atoms with van der Waals surface area (Å²) < 4.78 is 11.0. The summed E-state index contributed by atoms with van der Waals surface area (Å²) in [4.78, 5) is 22.2. The topological polar surface area (TPSA) is 56.5 Å². The Kier molecular flexibility index (Phi) is 5.57. The number of ether oxygens (including phenoxy) is 2. The molecular formula is C13H16NO4+. The van der Waals surface area contributed by atoms with Crippen LogP contribution in [0, 0.1) is 0 Å². The van der Waals surface area contributed by atoms with Crippen molar-refractivity contribution in [3.05, 3.63) is 36.2 Å². The van der Waals surface area contributed by atoms with Gasteiger partial charge in [0.1, 0.15) is 0 Å². The van der Waals surface area contributed by atoms with E-state index < -0.39 is 5.97 Å². The van der Waals surface area contributed by atoms with Gasteiger partial charge < -0.3 is 9.47 Å². The maximum absolute atomic E-state index is 11.3. The van der Waals surface area contributed by atoms with Gasteiger partial charge in [-0.2, -0.15) is 4.57 Å². The van der Waals surface area contributed by atoms with E-state index in [4.69, 9.17) is 4.74 Å². The molecule has 1 rings (SSSR count). The van der Waals surface area contributed by atoms with E-state index in [-0.39, 0.29) is 12.5 Å². The van der Waals surface area contributed by atoms with Gasteiger partial charge in [0.25, 0.3) is 0 Å². The molecule has 0 N–H and O–H groups in total. The van der Waals surface area contributed by atoms with Gasteiger partial charge in [0, 0.05) is 17.7 Å². The number of hydrogen-bond donors (Lipinski definition) is 0. The maximum atomic E-state index is 11.3. The van der Waals surface area contributed by atoms with Gasteiger partial charge in [0.2, 0.25) is 6.54 Å². The number of methoxy groups -OCH3 is 1. The van der Waals surface area contributed by atoms with E-state index in [1.165, 1.54) is 13.2 Å². The molecule has 1 aromatic rings. The predicted octanol–water partition coefficient (Wildman–Crippen LogP) is 0.723. The minimum atomic E-state index is -0.421. The molecule has 0 aliphatic heterocycles. The van der Waals surface area contributed by atoms with Gasteiger partial charge in [-0.3, -0.25) is 0 Å². The summed E-state index contributed by atoms with van der Waals surface area (Å²) in [6.07, 6.45) is 6.44. The Morgan fingerprint density at radius 1 is 1.44 bits per heavy atom. The fourth-order valence-corrected chi connectivity index (χ4v) is 1.33. The zero-order valence-corrected chi connectivity index (χ0v) is 10.5. The molecule has 1 heterocycles. The van der Waals surface area contributed by atoms with Gasteiger partial charge in [-0.1, -0.05) is 0 Å². The molecule has 0 saturated heterocycles. The largest absolute Gasteiger partial charge is 0.466 e. The molecule has 0 atom stereocenters. The lowest BCUT2D eigenvalue weighted by molar-refractivity contribution is -0.686. The fraction of sp³-hybridized carbons (Fsp3) is 0.308. The predicted molar refractivity (Wildman–Crippen MR) is 64.3 cm³/mol. The van der Waals surface area contributed by atoms with Crippen LogP contribution in [0.5, 0.6) is 0 Å². The van der Waals surface area contributed by atoms with Crippen molar-refractivity contribution < 1.29 is 23.6 Å². The van der Waals surface area contributed by atoms with Crippen molar-refractivity contribution in [3.8, 4) is 0 Å². The average molecular weight is 250 g/mol. The summed E-state index contributed by atoms with van der Waals surface area (Å²) in [7, 11) is 1.32. The molecule has 5 heteroatoms. The van der Waals surface area contributed by atoms with Crippen molar-refractivity contribution in [2.24, 2.45) is 0 Å². The van der Waals surface area contributed by atoms with Gasteiger partial charge in [-0.05, 0) is 19.1 Å². The molecule has 0 amide bonds. The van der Waals surface area contributed by atoms with Crippen molar-refractivity contribution in [3.63, 3.8) is 0 Å². The van der Waals surface area contributed by atoms with Crippen LogP contribution in [0.15, 0.2) is 30.6 Å². The molecule has 18 heavy (non-hydrogen) atoms. The lowest BCUT2D eigenvalue weighted by Gasteiger charge is -1.98. The van der Waals surface area contributed by atoms with Crippen LogP contribution in [-0.2, 0) is 25.6 Å². The standard InChI is InChI=1S/C13H16NO4/c1-3-18-13(16)10-14-8-4-5-11(9-14)6-7-12(15)17-2/h4-9H,3,10H2,1-2H3/q+1/b7-6+. The van der Waals surface area contributed by atoms with E-state index in [0.717, 1.165) is 5.56 Å². The summed E-state index contributed by atoms with van der Waals surface area (Å²) in [5.41, 5.74) is 0.798. The molecule has 0 aliphatic carbocycles. The third-order valence-corrected chi connectivity index (χ3v) is 2.11. The highest BCUT2D eigenvalue weighted by atomic mass is 16.5. The number of hydrogen-bond acceptors (Lipinski definition) is 4. The highest BCUT2D eigenvalue weighted by Gasteiger charge is 2.09. The molecule has 0 bridgehead atoms. The molecule has 0 radical (unpaired) electrons. The third-order valence-electron chi connectivity index (χ3n) is 2.11. The van der Waals surface area contributed by atoms with Gasteiger partial charge >= 0.3 is 11.9 Å². The molecule has 0 aliphatic rings. The summed E-state index contributed by atoms with van der Waals surface area (Å²) in [5, 5.41) is 0. The number of rotatable bonds is 5. The van der Waals surface area contributed by atoms with Crippen LogP contribution in [0.3, 0.4) is 0 Å². The van der Waals surface area contributed by atoms with E-state index in [9.17, 15) is 9.59 Å². The Hall–Kier alpha value is -2.17. The molecule has 0 aromatic carbocycles.